The molecule has 0 saturated heterocycles. The summed E-state index contributed by atoms with van der Waals surface area (Å²) in [6.45, 7) is 1.95. The van der Waals surface area contributed by atoms with Crippen LogP contribution in [0.3, 0.4) is 0 Å². The molecular formula is C15H13FN2O. The van der Waals surface area contributed by atoms with Crippen molar-refractivity contribution in [1.29, 1.82) is 0 Å². The van der Waals surface area contributed by atoms with Gasteiger partial charge in [-0.25, -0.2) is 4.39 Å². The molecule has 0 amide bonds. The van der Waals surface area contributed by atoms with Crippen LogP contribution in [0.4, 0.5) is 4.39 Å². The van der Waals surface area contributed by atoms with Gasteiger partial charge in [-0.15, -0.1) is 0 Å². The zero-order chi connectivity index (χ0) is 13.4. The largest absolute Gasteiger partial charge is 0.459 e. The number of aryl methyl sites for hydroxylation is 1. The topological polar surface area (TPSA) is 52.0 Å². The SMILES string of the molecule is Cc1c(C(N)c2cncc(F)c2)oc2ccccc12. The second kappa shape index (κ2) is 4.48. The van der Waals surface area contributed by atoms with Gasteiger partial charge in [0.25, 0.3) is 0 Å². The monoisotopic (exact) mass is 256 g/mol. The number of hydrogen-bond donors (Lipinski definition) is 1. The van der Waals surface area contributed by atoms with E-state index in [1.807, 2.05) is 31.2 Å². The number of benzene rings is 1. The molecule has 0 aliphatic rings. The number of hydrogen-bond acceptors (Lipinski definition) is 3. The van der Waals surface area contributed by atoms with Gasteiger partial charge < -0.3 is 10.2 Å². The maximum atomic E-state index is 13.2. The van der Waals surface area contributed by atoms with Gasteiger partial charge in [0.2, 0.25) is 0 Å². The molecule has 1 unspecified atom stereocenters. The fourth-order valence-electron chi connectivity index (χ4n) is 2.24. The average Bonchev–Trinajstić information content (AvgIpc) is 2.76. The summed E-state index contributed by atoms with van der Waals surface area (Å²) >= 11 is 0. The Labute approximate surface area is 109 Å². The van der Waals surface area contributed by atoms with Crippen molar-refractivity contribution in [2.24, 2.45) is 5.73 Å². The predicted molar refractivity (Wildman–Crippen MR) is 71.2 cm³/mol. The van der Waals surface area contributed by atoms with E-state index in [0.717, 1.165) is 22.7 Å². The highest BCUT2D eigenvalue weighted by molar-refractivity contribution is 5.82. The Bertz CT molecular complexity index is 736. The van der Waals surface area contributed by atoms with Crippen molar-refractivity contribution in [1.82, 2.24) is 4.98 Å². The third-order valence-corrected chi connectivity index (χ3v) is 3.25. The number of rotatable bonds is 2. The summed E-state index contributed by atoms with van der Waals surface area (Å²) in [5, 5.41) is 1.03. The zero-order valence-corrected chi connectivity index (χ0v) is 10.4. The molecule has 0 fully saturated rings. The van der Waals surface area contributed by atoms with Gasteiger partial charge >= 0.3 is 0 Å². The third kappa shape index (κ3) is 2.00. The van der Waals surface area contributed by atoms with Crippen LogP contribution in [0.25, 0.3) is 11.0 Å². The first-order valence-corrected chi connectivity index (χ1v) is 6.01. The van der Waals surface area contributed by atoms with Gasteiger partial charge in [-0.05, 0) is 24.6 Å². The molecular weight excluding hydrogens is 243 g/mol. The number of furan rings is 1. The summed E-state index contributed by atoms with van der Waals surface area (Å²) in [6.07, 6.45) is 2.71. The van der Waals surface area contributed by atoms with Crippen LogP contribution in [-0.4, -0.2) is 4.98 Å². The molecule has 1 aromatic carbocycles. The highest BCUT2D eigenvalue weighted by Gasteiger charge is 2.19. The Balaban J connectivity index is 2.11. The molecule has 19 heavy (non-hydrogen) atoms. The number of halogens is 1. The maximum absolute atomic E-state index is 13.2. The van der Waals surface area contributed by atoms with Crippen molar-refractivity contribution in [2.75, 3.05) is 0 Å². The van der Waals surface area contributed by atoms with Crippen molar-refractivity contribution in [3.05, 3.63) is 65.4 Å². The van der Waals surface area contributed by atoms with E-state index in [2.05, 4.69) is 4.98 Å². The minimum Gasteiger partial charge on any atom is -0.459 e. The maximum Gasteiger partial charge on any atom is 0.141 e. The molecule has 1 atom stereocenters. The third-order valence-electron chi connectivity index (χ3n) is 3.25. The molecule has 3 rings (SSSR count). The minimum absolute atomic E-state index is 0.401. The van der Waals surface area contributed by atoms with Crippen molar-refractivity contribution < 1.29 is 8.81 Å². The molecule has 0 aliphatic heterocycles. The molecule has 0 bridgehead atoms. The van der Waals surface area contributed by atoms with Gasteiger partial charge in [-0.3, -0.25) is 4.98 Å². The quantitative estimate of drug-likeness (QED) is 0.765. The smallest absolute Gasteiger partial charge is 0.141 e. The summed E-state index contributed by atoms with van der Waals surface area (Å²) in [6, 6.07) is 8.59. The van der Waals surface area contributed by atoms with Gasteiger partial charge in [0, 0.05) is 17.1 Å². The van der Waals surface area contributed by atoms with Gasteiger partial charge in [-0.1, -0.05) is 18.2 Å². The lowest BCUT2D eigenvalue weighted by Gasteiger charge is -2.09. The zero-order valence-electron chi connectivity index (χ0n) is 10.4. The van der Waals surface area contributed by atoms with Gasteiger partial charge in [-0.2, -0.15) is 0 Å². The van der Waals surface area contributed by atoms with E-state index >= 15 is 0 Å². The fourth-order valence-corrected chi connectivity index (χ4v) is 2.24. The highest BCUT2D eigenvalue weighted by Crippen LogP contribution is 2.31. The lowest BCUT2D eigenvalue weighted by molar-refractivity contribution is 0.518. The number of nitrogens with zero attached hydrogens (tertiary/aromatic N) is 1. The van der Waals surface area contributed by atoms with Gasteiger partial charge in [0.1, 0.15) is 17.2 Å². The highest BCUT2D eigenvalue weighted by atomic mass is 19.1. The van der Waals surface area contributed by atoms with E-state index < -0.39 is 11.9 Å². The standard InChI is InChI=1S/C15H13FN2O/c1-9-12-4-2-3-5-13(12)19-15(9)14(17)10-6-11(16)8-18-7-10/h2-8,14H,17H2,1H3. The second-order valence-electron chi connectivity index (χ2n) is 4.50. The van der Waals surface area contributed by atoms with E-state index in [1.54, 1.807) is 6.20 Å². The van der Waals surface area contributed by atoms with Crippen molar-refractivity contribution in [2.45, 2.75) is 13.0 Å². The normalized spacial score (nSPS) is 12.8. The molecule has 2 N–H and O–H groups in total. The van der Waals surface area contributed by atoms with Gasteiger partial charge in [0.05, 0.1) is 12.2 Å². The summed E-state index contributed by atoms with van der Waals surface area (Å²) in [5.41, 5.74) is 8.51. The predicted octanol–water partition coefficient (Wildman–Crippen LogP) is 3.32. The summed E-state index contributed by atoms with van der Waals surface area (Å²) in [7, 11) is 0. The lowest BCUT2D eigenvalue weighted by atomic mass is 10.0. The van der Waals surface area contributed by atoms with E-state index in [0.29, 0.717) is 11.3 Å². The number of pyridine rings is 1. The first-order valence-electron chi connectivity index (χ1n) is 6.01. The number of para-hydroxylation sites is 1. The van der Waals surface area contributed by atoms with Crippen LogP contribution in [0.1, 0.15) is 22.9 Å². The molecule has 2 heterocycles. The molecule has 4 heteroatoms. The van der Waals surface area contributed by atoms with Crippen LogP contribution in [0.5, 0.6) is 0 Å². The van der Waals surface area contributed by atoms with E-state index in [-0.39, 0.29) is 0 Å². The molecule has 0 saturated carbocycles. The van der Waals surface area contributed by atoms with Crippen molar-refractivity contribution in [3.63, 3.8) is 0 Å². The number of aromatic nitrogens is 1. The molecule has 0 aliphatic carbocycles. The van der Waals surface area contributed by atoms with Crippen LogP contribution in [-0.2, 0) is 0 Å². The first-order chi connectivity index (χ1) is 9.16. The van der Waals surface area contributed by atoms with Crippen LogP contribution >= 0.6 is 0 Å². The molecule has 0 spiro atoms. The lowest BCUT2D eigenvalue weighted by Crippen LogP contribution is -2.12. The molecule has 3 aromatic rings. The first kappa shape index (κ1) is 11.9. The number of nitrogens with two attached hydrogens (primary N) is 1. The second-order valence-corrected chi connectivity index (χ2v) is 4.50. The average molecular weight is 256 g/mol. The van der Waals surface area contributed by atoms with E-state index in [4.69, 9.17) is 10.2 Å². The summed E-state index contributed by atoms with van der Waals surface area (Å²) in [5.74, 6) is 0.246. The summed E-state index contributed by atoms with van der Waals surface area (Å²) in [4.78, 5) is 3.82. The van der Waals surface area contributed by atoms with Crippen LogP contribution in [0.15, 0.2) is 47.1 Å². The van der Waals surface area contributed by atoms with E-state index in [1.165, 1.54) is 6.07 Å². The van der Waals surface area contributed by atoms with Crippen LogP contribution in [0.2, 0.25) is 0 Å². The summed E-state index contributed by atoms with van der Waals surface area (Å²) < 4.78 is 19.0. The minimum atomic E-state index is -0.518. The van der Waals surface area contributed by atoms with E-state index in [9.17, 15) is 4.39 Å². The number of fused-ring (bicyclic) bond motifs is 1. The molecule has 96 valence electrons. The Morgan fingerprint density at radius 1 is 1.26 bits per heavy atom. The Hall–Kier alpha value is -2.20. The van der Waals surface area contributed by atoms with Crippen molar-refractivity contribution >= 4 is 11.0 Å². The fraction of sp³-hybridized carbons (Fsp3) is 0.133. The molecule has 2 aromatic heterocycles. The molecule has 0 radical (unpaired) electrons. The van der Waals surface area contributed by atoms with Gasteiger partial charge in [0.15, 0.2) is 0 Å². The van der Waals surface area contributed by atoms with Crippen molar-refractivity contribution in [3.8, 4) is 0 Å². The Morgan fingerprint density at radius 2 is 2.05 bits per heavy atom. The van der Waals surface area contributed by atoms with Crippen LogP contribution in [0, 0.1) is 12.7 Å². The Kier molecular flexibility index (Phi) is 2.80. The Morgan fingerprint density at radius 3 is 2.79 bits per heavy atom. The molecule has 3 nitrogen and oxygen atoms in total. The van der Waals surface area contributed by atoms with Crippen LogP contribution < -0.4 is 5.73 Å².